The number of ketones is 1. The SMILES string of the molecule is CC(C)C(=O)c1ccn(CC(=O)NC2CCOCC2)c1. The van der Waals surface area contributed by atoms with Crippen LogP contribution in [0.4, 0.5) is 0 Å². The van der Waals surface area contributed by atoms with Crippen molar-refractivity contribution >= 4 is 11.7 Å². The highest BCUT2D eigenvalue weighted by molar-refractivity contribution is 5.97. The highest BCUT2D eigenvalue weighted by Gasteiger charge is 2.17. The van der Waals surface area contributed by atoms with E-state index in [0.717, 1.165) is 12.8 Å². The Morgan fingerprint density at radius 1 is 1.40 bits per heavy atom. The standard InChI is InChI=1S/C15H22N2O3/c1-11(2)15(19)12-3-6-17(9-12)10-14(18)16-13-4-7-20-8-5-13/h3,6,9,11,13H,4-5,7-8,10H2,1-2H3,(H,16,18). The third-order valence-corrected chi connectivity index (χ3v) is 3.47. The Morgan fingerprint density at radius 3 is 2.75 bits per heavy atom. The first-order valence-electron chi connectivity index (χ1n) is 7.13. The van der Waals surface area contributed by atoms with E-state index in [1.807, 2.05) is 13.8 Å². The summed E-state index contributed by atoms with van der Waals surface area (Å²) < 4.78 is 7.01. The van der Waals surface area contributed by atoms with Crippen molar-refractivity contribution in [3.8, 4) is 0 Å². The predicted octanol–water partition coefficient (Wildman–Crippen LogP) is 1.62. The Labute approximate surface area is 119 Å². The van der Waals surface area contributed by atoms with Crippen LogP contribution in [0.2, 0.25) is 0 Å². The van der Waals surface area contributed by atoms with E-state index in [0.29, 0.717) is 18.8 Å². The molecule has 1 saturated heterocycles. The summed E-state index contributed by atoms with van der Waals surface area (Å²) in [7, 11) is 0. The Bertz CT molecular complexity index is 473. The number of rotatable bonds is 5. The molecule has 0 atom stereocenters. The molecule has 2 heterocycles. The fourth-order valence-corrected chi connectivity index (χ4v) is 2.30. The van der Waals surface area contributed by atoms with Crippen molar-refractivity contribution in [2.75, 3.05) is 13.2 Å². The lowest BCUT2D eigenvalue weighted by atomic mass is 10.0. The third kappa shape index (κ3) is 3.93. The van der Waals surface area contributed by atoms with Crippen LogP contribution < -0.4 is 5.32 Å². The van der Waals surface area contributed by atoms with E-state index < -0.39 is 0 Å². The van der Waals surface area contributed by atoms with Gasteiger partial charge in [-0.05, 0) is 18.9 Å². The van der Waals surface area contributed by atoms with Crippen LogP contribution in [0.5, 0.6) is 0 Å². The van der Waals surface area contributed by atoms with Crippen LogP contribution in [0.3, 0.4) is 0 Å². The maximum Gasteiger partial charge on any atom is 0.240 e. The largest absolute Gasteiger partial charge is 0.381 e. The first-order chi connectivity index (χ1) is 9.56. The summed E-state index contributed by atoms with van der Waals surface area (Å²) in [5, 5.41) is 3.00. The summed E-state index contributed by atoms with van der Waals surface area (Å²) in [6.45, 7) is 5.42. The van der Waals surface area contributed by atoms with Crippen LogP contribution in [0, 0.1) is 5.92 Å². The van der Waals surface area contributed by atoms with Crippen LogP contribution in [0.15, 0.2) is 18.5 Å². The molecule has 1 N–H and O–H groups in total. The molecule has 0 aliphatic carbocycles. The number of Topliss-reactive ketones (excluding diaryl/α,β-unsaturated/α-hetero) is 1. The number of nitrogens with zero attached hydrogens (tertiary/aromatic N) is 1. The number of hydrogen-bond donors (Lipinski definition) is 1. The monoisotopic (exact) mass is 278 g/mol. The molecule has 0 unspecified atom stereocenters. The summed E-state index contributed by atoms with van der Waals surface area (Å²) in [6, 6.07) is 1.98. The lowest BCUT2D eigenvalue weighted by Crippen LogP contribution is -2.40. The number of aromatic nitrogens is 1. The van der Waals surface area contributed by atoms with Crippen LogP contribution in [-0.4, -0.2) is 35.5 Å². The quantitative estimate of drug-likeness (QED) is 0.833. The van der Waals surface area contributed by atoms with Crippen molar-refractivity contribution in [1.82, 2.24) is 9.88 Å². The third-order valence-electron chi connectivity index (χ3n) is 3.47. The molecule has 20 heavy (non-hydrogen) atoms. The highest BCUT2D eigenvalue weighted by Crippen LogP contribution is 2.10. The first-order valence-corrected chi connectivity index (χ1v) is 7.13. The van der Waals surface area contributed by atoms with Crippen molar-refractivity contribution < 1.29 is 14.3 Å². The number of carbonyl (C=O) groups excluding carboxylic acids is 2. The van der Waals surface area contributed by atoms with Gasteiger partial charge in [-0.3, -0.25) is 9.59 Å². The van der Waals surface area contributed by atoms with Crippen LogP contribution in [0.25, 0.3) is 0 Å². The second kappa shape index (κ2) is 6.70. The van der Waals surface area contributed by atoms with Gasteiger partial charge in [-0.25, -0.2) is 0 Å². The molecule has 0 saturated carbocycles. The lowest BCUT2D eigenvalue weighted by Gasteiger charge is -2.23. The molecule has 110 valence electrons. The van der Waals surface area contributed by atoms with E-state index >= 15 is 0 Å². The molecule has 1 fully saturated rings. The van der Waals surface area contributed by atoms with Crippen molar-refractivity contribution in [1.29, 1.82) is 0 Å². The van der Waals surface area contributed by atoms with Crippen molar-refractivity contribution in [3.05, 3.63) is 24.0 Å². The Balaban J connectivity index is 1.86. The molecule has 1 aromatic rings. The zero-order valence-electron chi connectivity index (χ0n) is 12.1. The molecule has 1 aliphatic rings. The van der Waals surface area contributed by atoms with E-state index in [4.69, 9.17) is 4.74 Å². The van der Waals surface area contributed by atoms with Gasteiger partial charge in [-0.1, -0.05) is 13.8 Å². The topological polar surface area (TPSA) is 60.3 Å². The van der Waals surface area contributed by atoms with Crippen LogP contribution in [-0.2, 0) is 16.1 Å². The fourth-order valence-electron chi connectivity index (χ4n) is 2.30. The van der Waals surface area contributed by atoms with Gasteiger partial charge in [-0.15, -0.1) is 0 Å². The van der Waals surface area contributed by atoms with Gasteiger partial charge in [0.25, 0.3) is 0 Å². The maximum absolute atomic E-state index is 11.9. The van der Waals surface area contributed by atoms with Gasteiger partial charge >= 0.3 is 0 Å². The van der Waals surface area contributed by atoms with Gasteiger partial charge in [0, 0.05) is 43.1 Å². The molecule has 1 aromatic heterocycles. The second-order valence-corrected chi connectivity index (χ2v) is 5.55. The Morgan fingerprint density at radius 2 is 2.10 bits per heavy atom. The second-order valence-electron chi connectivity index (χ2n) is 5.55. The van der Waals surface area contributed by atoms with Gasteiger partial charge in [0.05, 0.1) is 0 Å². The molecule has 0 bridgehead atoms. The molecule has 1 aliphatic heterocycles. The summed E-state index contributed by atoms with van der Waals surface area (Å²) in [5.41, 5.74) is 0.666. The zero-order chi connectivity index (χ0) is 14.5. The lowest BCUT2D eigenvalue weighted by molar-refractivity contribution is -0.122. The molecule has 1 amide bonds. The summed E-state index contributed by atoms with van der Waals surface area (Å²) >= 11 is 0. The first kappa shape index (κ1) is 14.8. The summed E-state index contributed by atoms with van der Waals surface area (Å²) in [6.07, 6.45) is 5.26. The van der Waals surface area contributed by atoms with Gasteiger partial charge in [0.2, 0.25) is 5.91 Å². The molecule has 2 rings (SSSR count). The van der Waals surface area contributed by atoms with Crippen LogP contribution >= 0.6 is 0 Å². The molecule has 0 aromatic carbocycles. The van der Waals surface area contributed by atoms with Crippen molar-refractivity contribution in [2.24, 2.45) is 5.92 Å². The van der Waals surface area contributed by atoms with E-state index in [2.05, 4.69) is 5.32 Å². The number of nitrogens with one attached hydrogen (secondary N) is 1. The molecule has 0 spiro atoms. The number of ether oxygens (including phenoxy) is 1. The minimum atomic E-state index is -0.0260. The minimum Gasteiger partial charge on any atom is -0.381 e. The van der Waals surface area contributed by atoms with E-state index in [-0.39, 0.29) is 30.2 Å². The zero-order valence-corrected chi connectivity index (χ0v) is 12.1. The normalized spacial score (nSPS) is 16.4. The van der Waals surface area contributed by atoms with Gasteiger partial charge < -0.3 is 14.6 Å². The van der Waals surface area contributed by atoms with Crippen LogP contribution in [0.1, 0.15) is 37.0 Å². The maximum atomic E-state index is 11.9. The molecule has 5 heteroatoms. The van der Waals surface area contributed by atoms with Gasteiger partial charge in [0.15, 0.2) is 5.78 Å². The van der Waals surface area contributed by atoms with Crippen molar-refractivity contribution in [3.63, 3.8) is 0 Å². The average molecular weight is 278 g/mol. The van der Waals surface area contributed by atoms with Gasteiger partial charge in [0.1, 0.15) is 6.54 Å². The number of hydrogen-bond acceptors (Lipinski definition) is 3. The van der Waals surface area contributed by atoms with E-state index in [9.17, 15) is 9.59 Å². The minimum absolute atomic E-state index is 0.0176. The molecular formula is C15H22N2O3. The van der Waals surface area contributed by atoms with Gasteiger partial charge in [-0.2, -0.15) is 0 Å². The average Bonchev–Trinajstić information content (AvgIpc) is 2.87. The molecule has 0 radical (unpaired) electrons. The number of amides is 1. The molecule has 5 nitrogen and oxygen atoms in total. The highest BCUT2D eigenvalue weighted by atomic mass is 16.5. The van der Waals surface area contributed by atoms with Crippen molar-refractivity contribution in [2.45, 2.75) is 39.3 Å². The summed E-state index contributed by atoms with van der Waals surface area (Å²) in [5.74, 6) is 0.0616. The Hall–Kier alpha value is -1.62. The smallest absolute Gasteiger partial charge is 0.240 e. The number of carbonyl (C=O) groups is 2. The molecular weight excluding hydrogens is 256 g/mol. The van der Waals surface area contributed by atoms with E-state index in [1.54, 1.807) is 23.0 Å². The fraction of sp³-hybridized carbons (Fsp3) is 0.600. The van der Waals surface area contributed by atoms with E-state index in [1.165, 1.54) is 0 Å². The Kier molecular flexibility index (Phi) is 4.95. The predicted molar refractivity (Wildman–Crippen MR) is 75.6 cm³/mol. The summed E-state index contributed by atoms with van der Waals surface area (Å²) in [4.78, 5) is 23.8.